The van der Waals surface area contributed by atoms with Crippen LogP contribution in [0.2, 0.25) is 10.0 Å². The van der Waals surface area contributed by atoms with Crippen LogP contribution in [0.1, 0.15) is 36.1 Å². The van der Waals surface area contributed by atoms with Gasteiger partial charge in [0.2, 0.25) is 0 Å². The molecule has 0 saturated carbocycles. The summed E-state index contributed by atoms with van der Waals surface area (Å²) in [4.78, 5) is 4.80. The van der Waals surface area contributed by atoms with E-state index in [1.54, 1.807) is 18.2 Å². The van der Waals surface area contributed by atoms with Crippen molar-refractivity contribution in [1.29, 1.82) is 0 Å². The third-order valence-corrected chi connectivity index (χ3v) is 5.56. The van der Waals surface area contributed by atoms with Crippen molar-refractivity contribution in [2.75, 3.05) is 20.1 Å². The van der Waals surface area contributed by atoms with Crippen molar-refractivity contribution in [3.8, 4) is 0 Å². The SMILES string of the molecule is CCC1N=C(N/C(N)=C/C(=C(\N)NCCNC)c2ccc(Cl)cc2Cl)c2ccccc21. The third-order valence-electron chi connectivity index (χ3n) is 5.01. The molecule has 8 heteroatoms. The van der Waals surface area contributed by atoms with Crippen molar-refractivity contribution in [2.45, 2.75) is 19.4 Å². The highest BCUT2D eigenvalue weighted by Gasteiger charge is 2.23. The molecule has 1 aliphatic rings. The molecule has 1 unspecified atom stereocenters. The second-order valence-electron chi connectivity index (χ2n) is 7.20. The molecule has 2 aromatic carbocycles. The van der Waals surface area contributed by atoms with E-state index in [9.17, 15) is 0 Å². The van der Waals surface area contributed by atoms with Gasteiger partial charge in [-0.3, -0.25) is 4.99 Å². The summed E-state index contributed by atoms with van der Waals surface area (Å²) in [7, 11) is 1.88. The van der Waals surface area contributed by atoms with Crippen molar-refractivity contribution in [3.05, 3.63) is 86.9 Å². The number of hydrogen-bond acceptors (Lipinski definition) is 6. The molecule has 1 heterocycles. The molecule has 2 aromatic rings. The van der Waals surface area contributed by atoms with Crippen LogP contribution in [0.5, 0.6) is 0 Å². The standard InChI is InChI=1S/C23H28Cl2N6/c1-3-20-16-6-4-5-7-17(16)23(30-20)31-21(26)13-18(22(27)29-11-10-28-2)15-9-8-14(24)12-19(15)25/h4-9,12-13,20,28-29H,3,10-11,26-27H2,1-2H3,(H,30,31)/b21-13+,22-18-. The van der Waals surface area contributed by atoms with Crippen LogP contribution in [0.25, 0.3) is 5.57 Å². The van der Waals surface area contributed by atoms with Crippen molar-refractivity contribution in [1.82, 2.24) is 16.0 Å². The zero-order valence-corrected chi connectivity index (χ0v) is 19.2. The number of nitrogens with zero attached hydrogens (tertiary/aromatic N) is 1. The molecular weight excluding hydrogens is 431 g/mol. The van der Waals surface area contributed by atoms with Gasteiger partial charge in [-0.15, -0.1) is 0 Å². The molecule has 1 aliphatic heterocycles. The summed E-state index contributed by atoms with van der Waals surface area (Å²) in [5.74, 6) is 1.62. The van der Waals surface area contributed by atoms with Crippen LogP contribution < -0.4 is 27.4 Å². The van der Waals surface area contributed by atoms with E-state index in [4.69, 9.17) is 39.7 Å². The van der Waals surface area contributed by atoms with Gasteiger partial charge >= 0.3 is 0 Å². The number of allylic oxidation sites excluding steroid dienone is 2. The Hall–Kier alpha value is -2.67. The zero-order valence-electron chi connectivity index (χ0n) is 17.7. The first-order chi connectivity index (χ1) is 14.9. The fourth-order valence-corrected chi connectivity index (χ4v) is 3.97. The number of aliphatic imine (C=N–C) groups is 1. The molecular formula is C23H28Cl2N6. The summed E-state index contributed by atoms with van der Waals surface area (Å²) in [6, 6.07) is 13.6. The Kier molecular flexibility index (Phi) is 7.85. The van der Waals surface area contributed by atoms with Gasteiger partial charge in [-0.05, 0) is 37.2 Å². The van der Waals surface area contributed by atoms with E-state index in [0.717, 1.165) is 29.9 Å². The number of benzene rings is 2. The highest BCUT2D eigenvalue weighted by atomic mass is 35.5. The van der Waals surface area contributed by atoms with Gasteiger partial charge in [0, 0.05) is 34.8 Å². The molecule has 7 N–H and O–H groups in total. The number of likely N-dealkylation sites (N-methyl/N-ethyl adjacent to an activating group) is 1. The molecule has 31 heavy (non-hydrogen) atoms. The highest BCUT2D eigenvalue weighted by Crippen LogP contribution is 2.32. The van der Waals surface area contributed by atoms with Crippen LogP contribution in [-0.2, 0) is 0 Å². The first-order valence-electron chi connectivity index (χ1n) is 10.2. The van der Waals surface area contributed by atoms with Gasteiger partial charge in [-0.1, -0.05) is 60.5 Å². The largest absolute Gasteiger partial charge is 0.385 e. The predicted molar refractivity (Wildman–Crippen MR) is 131 cm³/mol. The first kappa shape index (κ1) is 23.0. The quantitative estimate of drug-likeness (QED) is 0.306. The molecule has 0 bridgehead atoms. The van der Waals surface area contributed by atoms with Crippen LogP contribution in [0.15, 0.2) is 65.2 Å². The number of hydrogen-bond donors (Lipinski definition) is 5. The van der Waals surface area contributed by atoms with Crippen LogP contribution in [0.4, 0.5) is 0 Å². The summed E-state index contributed by atoms with van der Waals surface area (Å²) < 4.78 is 0. The Labute approximate surface area is 193 Å². The van der Waals surface area contributed by atoms with Gasteiger partial charge in [-0.2, -0.15) is 0 Å². The van der Waals surface area contributed by atoms with Crippen LogP contribution >= 0.6 is 23.2 Å². The maximum atomic E-state index is 6.46. The van der Waals surface area contributed by atoms with Crippen molar-refractivity contribution >= 4 is 34.6 Å². The summed E-state index contributed by atoms with van der Waals surface area (Å²) in [6.07, 6.45) is 2.68. The van der Waals surface area contributed by atoms with Gasteiger partial charge in [0.05, 0.1) is 11.1 Å². The minimum atomic E-state index is 0.125. The fourth-order valence-electron chi connectivity index (χ4n) is 3.46. The molecule has 0 saturated heterocycles. The lowest BCUT2D eigenvalue weighted by molar-refractivity contribution is 0.713. The van der Waals surface area contributed by atoms with E-state index in [-0.39, 0.29) is 6.04 Å². The van der Waals surface area contributed by atoms with E-state index >= 15 is 0 Å². The van der Waals surface area contributed by atoms with Gasteiger partial charge in [-0.25, -0.2) is 0 Å². The molecule has 0 aliphatic carbocycles. The second-order valence-corrected chi connectivity index (χ2v) is 8.04. The van der Waals surface area contributed by atoms with Gasteiger partial charge in [0.15, 0.2) is 0 Å². The Morgan fingerprint density at radius 1 is 1.13 bits per heavy atom. The van der Waals surface area contributed by atoms with E-state index in [1.165, 1.54) is 5.56 Å². The summed E-state index contributed by atoms with van der Waals surface area (Å²) in [5, 5.41) is 10.6. The molecule has 1 atom stereocenters. The third kappa shape index (κ3) is 5.53. The summed E-state index contributed by atoms with van der Waals surface area (Å²) in [5.41, 5.74) is 16.4. The second kappa shape index (κ2) is 10.6. The van der Waals surface area contributed by atoms with Crippen molar-refractivity contribution in [3.63, 3.8) is 0 Å². The lowest BCUT2D eigenvalue weighted by Crippen LogP contribution is -2.30. The smallest absolute Gasteiger partial charge is 0.134 e. The number of amidine groups is 1. The van der Waals surface area contributed by atoms with Crippen molar-refractivity contribution in [2.24, 2.45) is 16.5 Å². The molecule has 0 amide bonds. The minimum Gasteiger partial charge on any atom is -0.385 e. The lowest BCUT2D eigenvalue weighted by Gasteiger charge is -2.15. The van der Waals surface area contributed by atoms with Crippen LogP contribution in [0.3, 0.4) is 0 Å². The summed E-state index contributed by atoms with van der Waals surface area (Å²) >= 11 is 12.5. The predicted octanol–water partition coefficient (Wildman–Crippen LogP) is 3.73. The Bertz CT molecular complexity index is 1030. The maximum Gasteiger partial charge on any atom is 0.134 e. The van der Waals surface area contributed by atoms with Crippen LogP contribution in [-0.4, -0.2) is 26.0 Å². The average molecular weight is 459 g/mol. The van der Waals surface area contributed by atoms with Gasteiger partial charge in [0.25, 0.3) is 0 Å². The number of nitrogens with two attached hydrogens (primary N) is 2. The topological polar surface area (TPSA) is 100 Å². The number of nitrogens with one attached hydrogen (secondary N) is 3. The molecule has 6 nitrogen and oxygen atoms in total. The van der Waals surface area contributed by atoms with E-state index < -0.39 is 0 Å². The number of halogens is 2. The van der Waals surface area contributed by atoms with E-state index in [1.807, 2.05) is 31.3 Å². The van der Waals surface area contributed by atoms with E-state index in [0.29, 0.717) is 33.8 Å². The molecule has 0 aromatic heterocycles. The fraction of sp³-hybridized carbons (Fsp3) is 0.261. The van der Waals surface area contributed by atoms with Crippen LogP contribution in [0, 0.1) is 0 Å². The monoisotopic (exact) mass is 458 g/mol. The first-order valence-corrected chi connectivity index (χ1v) is 10.9. The van der Waals surface area contributed by atoms with Gasteiger partial charge < -0.3 is 27.4 Å². The molecule has 164 valence electrons. The molecule has 3 rings (SSSR count). The Morgan fingerprint density at radius 2 is 1.90 bits per heavy atom. The number of fused-ring (bicyclic) bond motifs is 1. The maximum absolute atomic E-state index is 6.46. The lowest BCUT2D eigenvalue weighted by atomic mass is 10.0. The zero-order chi connectivity index (χ0) is 22.4. The Morgan fingerprint density at radius 3 is 2.61 bits per heavy atom. The molecule has 0 spiro atoms. The van der Waals surface area contributed by atoms with Crippen molar-refractivity contribution < 1.29 is 0 Å². The average Bonchev–Trinajstić information content (AvgIpc) is 3.10. The highest BCUT2D eigenvalue weighted by molar-refractivity contribution is 6.35. The molecule has 0 radical (unpaired) electrons. The minimum absolute atomic E-state index is 0.125. The normalized spacial score (nSPS) is 16.5. The molecule has 0 fully saturated rings. The van der Waals surface area contributed by atoms with E-state index in [2.05, 4.69) is 28.9 Å². The summed E-state index contributed by atoms with van der Waals surface area (Å²) in [6.45, 7) is 3.52. The Balaban J connectivity index is 1.94. The van der Waals surface area contributed by atoms with Gasteiger partial charge in [0.1, 0.15) is 17.5 Å². The number of rotatable bonds is 8.